The molecule has 5 heteroatoms. The molecule has 0 radical (unpaired) electrons. The lowest BCUT2D eigenvalue weighted by molar-refractivity contribution is -0.0770. The van der Waals surface area contributed by atoms with Crippen molar-refractivity contribution >= 4 is 0 Å². The van der Waals surface area contributed by atoms with E-state index in [-0.39, 0.29) is 10.8 Å². The van der Waals surface area contributed by atoms with Gasteiger partial charge in [0.15, 0.2) is 0 Å². The van der Waals surface area contributed by atoms with Crippen LogP contribution in [-0.4, -0.2) is 58.0 Å². The average molecular weight is 507 g/mol. The van der Waals surface area contributed by atoms with Gasteiger partial charge in [-0.05, 0) is 24.5 Å². The highest BCUT2D eigenvalue weighted by Crippen LogP contribution is 2.34. The summed E-state index contributed by atoms with van der Waals surface area (Å²) in [5, 5.41) is 10.5. The molecule has 1 heterocycles. The molecule has 1 aliphatic heterocycles. The highest BCUT2D eigenvalue weighted by atomic mass is 16.5. The molecule has 0 aromatic heterocycles. The van der Waals surface area contributed by atoms with E-state index < -0.39 is 0 Å². The fraction of sp³-hybridized carbons (Fsp3) is 0.806. The average Bonchev–Trinajstić information content (AvgIpc) is 2.85. The molecule has 5 nitrogen and oxygen atoms in total. The number of unbranched alkanes of at least 4 members (excludes halogenated alkanes) is 9. The van der Waals surface area contributed by atoms with Gasteiger partial charge in [0.25, 0.3) is 0 Å². The van der Waals surface area contributed by atoms with Crippen molar-refractivity contribution in [3.63, 3.8) is 0 Å². The molecule has 0 spiro atoms. The monoisotopic (exact) mass is 506 g/mol. The largest absolute Gasteiger partial charge is 0.508 e. The summed E-state index contributed by atoms with van der Waals surface area (Å²) in [6.45, 7) is 11.4. The van der Waals surface area contributed by atoms with Gasteiger partial charge in [0.05, 0.1) is 52.9 Å². The topological polar surface area (TPSA) is 57.2 Å². The maximum absolute atomic E-state index is 10.5. The van der Waals surface area contributed by atoms with Gasteiger partial charge in [0, 0.05) is 10.8 Å². The van der Waals surface area contributed by atoms with Crippen LogP contribution in [0.5, 0.6) is 5.75 Å². The first kappa shape index (κ1) is 31.1. The van der Waals surface area contributed by atoms with Crippen LogP contribution >= 0.6 is 0 Å². The van der Waals surface area contributed by atoms with Crippen LogP contribution in [0.4, 0.5) is 0 Å². The van der Waals surface area contributed by atoms with Gasteiger partial charge in [-0.25, -0.2) is 0 Å². The molecule has 0 aliphatic carbocycles. The lowest BCUT2D eigenvalue weighted by atomic mass is 9.78. The second-order valence-corrected chi connectivity index (χ2v) is 11.6. The first-order chi connectivity index (χ1) is 17.5. The number of aromatic hydroxyl groups is 1. The summed E-state index contributed by atoms with van der Waals surface area (Å²) in [6, 6.07) is 7.68. The van der Waals surface area contributed by atoms with Gasteiger partial charge in [-0.3, -0.25) is 0 Å². The molecule has 0 amide bonds. The highest BCUT2D eigenvalue weighted by molar-refractivity contribution is 5.32. The minimum Gasteiger partial charge on any atom is -0.508 e. The summed E-state index contributed by atoms with van der Waals surface area (Å²) in [5.41, 5.74) is 0.767. The standard InChI is InChI=1S/C31H54O5/c1-4-5-6-7-8-9-10-11-12-15-18-31(23-28-16-13-14-17-29(28)32)26-35-21-19-33-24-30(2,3)25-34-20-22-36-27-31/h13-14,16-17,32H,4-12,15,18-27H2,1-3H3. The van der Waals surface area contributed by atoms with Crippen LogP contribution in [0.15, 0.2) is 24.3 Å². The number of ether oxygens (including phenoxy) is 4. The number of phenolic OH excluding ortho intramolecular Hbond substituents is 1. The van der Waals surface area contributed by atoms with E-state index in [1.165, 1.54) is 57.8 Å². The van der Waals surface area contributed by atoms with Crippen molar-refractivity contribution in [2.75, 3.05) is 52.9 Å². The Bertz CT molecular complexity index is 657. The second-order valence-electron chi connectivity index (χ2n) is 11.6. The summed E-state index contributed by atoms with van der Waals surface area (Å²) < 4.78 is 24.2. The van der Waals surface area contributed by atoms with E-state index in [2.05, 4.69) is 20.8 Å². The van der Waals surface area contributed by atoms with E-state index in [0.717, 1.165) is 24.8 Å². The Morgan fingerprint density at radius 3 is 1.67 bits per heavy atom. The lowest BCUT2D eigenvalue weighted by Gasteiger charge is -2.34. The summed E-state index contributed by atoms with van der Waals surface area (Å²) in [5.74, 6) is 0.355. The van der Waals surface area contributed by atoms with Crippen molar-refractivity contribution in [3.05, 3.63) is 29.8 Å². The third-order valence-corrected chi connectivity index (χ3v) is 7.16. The highest BCUT2D eigenvalue weighted by Gasteiger charge is 2.32. The zero-order valence-corrected chi connectivity index (χ0v) is 23.5. The Morgan fingerprint density at radius 2 is 1.14 bits per heavy atom. The number of hydrogen-bond acceptors (Lipinski definition) is 5. The quantitative estimate of drug-likeness (QED) is 0.284. The third kappa shape index (κ3) is 13.4. The molecule has 1 N–H and O–H groups in total. The van der Waals surface area contributed by atoms with Gasteiger partial charge < -0.3 is 24.1 Å². The van der Waals surface area contributed by atoms with Gasteiger partial charge in [-0.2, -0.15) is 0 Å². The fourth-order valence-corrected chi connectivity index (χ4v) is 4.98. The van der Waals surface area contributed by atoms with Gasteiger partial charge in [0.1, 0.15) is 5.75 Å². The fourth-order valence-electron chi connectivity index (χ4n) is 4.98. The van der Waals surface area contributed by atoms with Crippen molar-refractivity contribution in [3.8, 4) is 5.75 Å². The summed E-state index contributed by atoms with van der Waals surface area (Å²) in [7, 11) is 0. The molecule has 0 saturated carbocycles. The van der Waals surface area contributed by atoms with Crippen molar-refractivity contribution in [1.82, 2.24) is 0 Å². The molecule has 0 bridgehead atoms. The Kier molecular flexibility index (Phi) is 15.7. The Hall–Kier alpha value is -1.14. The predicted molar refractivity (Wildman–Crippen MR) is 148 cm³/mol. The smallest absolute Gasteiger partial charge is 0.118 e. The molecule has 1 fully saturated rings. The van der Waals surface area contributed by atoms with Crippen LogP contribution in [0, 0.1) is 10.8 Å². The Morgan fingerprint density at radius 1 is 0.667 bits per heavy atom. The molecule has 1 aromatic rings. The second kappa shape index (κ2) is 18.2. The van der Waals surface area contributed by atoms with E-state index >= 15 is 0 Å². The van der Waals surface area contributed by atoms with E-state index in [1.807, 2.05) is 18.2 Å². The summed E-state index contributed by atoms with van der Waals surface area (Å²) in [6.07, 6.45) is 15.0. The van der Waals surface area contributed by atoms with Gasteiger partial charge in [-0.1, -0.05) is 103 Å². The number of phenols is 1. The van der Waals surface area contributed by atoms with Crippen LogP contribution in [0.2, 0.25) is 0 Å². The van der Waals surface area contributed by atoms with Crippen LogP contribution < -0.4 is 0 Å². The number of hydrogen-bond donors (Lipinski definition) is 1. The minimum absolute atomic E-state index is 0.0196. The van der Waals surface area contributed by atoms with E-state index in [1.54, 1.807) is 6.07 Å². The van der Waals surface area contributed by atoms with Crippen molar-refractivity contribution in [2.24, 2.45) is 10.8 Å². The molecule has 208 valence electrons. The lowest BCUT2D eigenvalue weighted by Crippen LogP contribution is -2.36. The van der Waals surface area contributed by atoms with Gasteiger partial charge >= 0.3 is 0 Å². The van der Waals surface area contributed by atoms with Crippen LogP contribution in [-0.2, 0) is 25.4 Å². The van der Waals surface area contributed by atoms with Crippen LogP contribution in [0.3, 0.4) is 0 Å². The molecule has 1 saturated heterocycles. The molecular weight excluding hydrogens is 452 g/mol. The van der Waals surface area contributed by atoms with Crippen LogP contribution in [0.25, 0.3) is 0 Å². The first-order valence-corrected chi connectivity index (χ1v) is 14.5. The van der Waals surface area contributed by atoms with E-state index in [9.17, 15) is 5.11 Å². The summed E-state index contributed by atoms with van der Waals surface area (Å²) >= 11 is 0. The Balaban J connectivity index is 1.93. The normalized spacial score (nSPS) is 19.5. The SMILES string of the molecule is CCCCCCCCCCCCC1(Cc2ccccc2O)COCCOCC(C)(C)COCCOC1. The third-order valence-electron chi connectivity index (χ3n) is 7.16. The molecule has 0 atom stereocenters. The minimum atomic E-state index is -0.178. The summed E-state index contributed by atoms with van der Waals surface area (Å²) in [4.78, 5) is 0. The van der Waals surface area contributed by atoms with Crippen molar-refractivity contribution < 1.29 is 24.1 Å². The Labute approximate surface area is 221 Å². The number of rotatable bonds is 13. The molecule has 0 unspecified atom stereocenters. The molecule has 1 aliphatic rings. The van der Waals surface area contributed by atoms with Crippen LogP contribution in [0.1, 0.15) is 97.0 Å². The number of para-hydroxylation sites is 1. The predicted octanol–water partition coefficient (Wildman–Crippen LogP) is 7.34. The van der Waals surface area contributed by atoms with Gasteiger partial charge in [-0.15, -0.1) is 0 Å². The molecule has 36 heavy (non-hydrogen) atoms. The first-order valence-electron chi connectivity index (χ1n) is 14.5. The number of benzene rings is 1. The van der Waals surface area contributed by atoms with Gasteiger partial charge in [0.2, 0.25) is 0 Å². The molecule has 2 rings (SSSR count). The maximum atomic E-state index is 10.5. The zero-order chi connectivity index (χ0) is 26.0. The van der Waals surface area contributed by atoms with E-state index in [0.29, 0.717) is 58.6 Å². The van der Waals surface area contributed by atoms with Crippen molar-refractivity contribution in [2.45, 2.75) is 97.8 Å². The molecule has 1 aromatic carbocycles. The van der Waals surface area contributed by atoms with E-state index in [4.69, 9.17) is 18.9 Å². The maximum Gasteiger partial charge on any atom is 0.118 e. The van der Waals surface area contributed by atoms with Crippen molar-refractivity contribution in [1.29, 1.82) is 0 Å². The molecular formula is C31H54O5. The zero-order valence-electron chi connectivity index (χ0n) is 23.5.